The van der Waals surface area contributed by atoms with Gasteiger partial charge in [0.05, 0.1) is 0 Å². The second-order valence-corrected chi connectivity index (χ2v) is 1.70. The highest BCUT2D eigenvalue weighted by Crippen LogP contribution is 2.09. The number of methoxy groups -OCH3 is 1. The van der Waals surface area contributed by atoms with Crippen LogP contribution in [0, 0.1) is 0 Å². The molecule has 0 radical (unpaired) electrons. The molecule has 1 saturated heterocycles. The average Bonchev–Trinajstić information content (AvgIpc) is 2.14. The lowest BCUT2D eigenvalue weighted by Gasteiger charge is -2.03. The maximum Gasteiger partial charge on any atom is 0.183 e. The van der Waals surface area contributed by atoms with Crippen molar-refractivity contribution in [1.29, 1.82) is 0 Å². The van der Waals surface area contributed by atoms with Crippen molar-refractivity contribution in [3.05, 3.63) is 0 Å². The summed E-state index contributed by atoms with van der Waals surface area (Å²) in [4.78, 5) is 0. The minimum atomic E-state index is -0.148. The van der Waals surface area contributed by atoms with E-state index in [9.17, 15) is 0 Å². The van der Waals surface area contributed by atoms with Crippen LogP contribution < -0.4 is 0 Å². The summed E-state index contributed by atoms with van der Waals surface area (Å²) in [6.07, 6.45) is -0.245. The molecule has 0 aromatic heterocycles. The van der Waals surface area contributed by atoms with E-state index in [2.05, 4.69) is 0 Å². The van der Waals surface area contributed by atoms with Crippen LogP contribution in [0.4, 0.5) is 0 Å². The van der Waals surface area contributed by atoms with Gasteiger partial charge in [-0.3, -0.25) is 0 Å². The molecular weight excluding hydrogens is 108 g/mol. The fourth-order valence-corrected chi connectivity index (χ4v) is 0.630. The summed E-state index contributed by atoms with van der Waals surface area (Å²) in [5.74, 6) is 0. The molecule has 0 spiro atoms. The van der Waals surface area contributed by atoms with Crippen molar-refractivity contribution in [3.63, 3.8) is 0 Å². The number of rotatable bonds is 1. The van der Waals surface area contributed by atoms with E-state index in [1.807, 2.05) is 6.92 Å². The first-order valence-corrected chi connectivity index (χ1v) is 2.63. The fraction of sp³-hybridized carbons (Fsp3) is 1.00. The van der Waals surface area contributed by atoms with Gasteiger partial charge in [-0.05, 0) is 6.92 Å². The average molecular weight is 118 g/mol. The summed E-state index contributed by atoms with van der Waals surface area (Å²) in [7, 11) is 1.60. The smallest absolute Gasteiger partial charge is 0.183 e. The van der Waals surface area contributed by atoms with Crippen LogP contribution in [-0.2, 0) is 14.2 Å². The van der Waals surface area contributed by atoms with Gasteiger partial charge >= 0.3 is 0 Å². The zero-order valence-corrected chi connectivity index (χ0v) is 5.09. The molecule has 8 heavy (non-hydrogen) atoms. The molecule has 0 aromatic rings. The lowest BCUT2D eigenvalue weighted by atomic mass is 10.7. The van der Waals surface area contributed by atoms with Crippen molar-refractivity contribution in [3.8, 4) is 0 Å². The molecule has 0 amide bonds. The maximum atomic E-state index is 5.07. The first-order chi connectivity index (χ1) is 3.83. The van der Waals surface area contributed by atoms with Crippen LogP contribution in [0.3, 0.4) is 0 Å². The lowest BCUT2D eigenvalue weighted by Crippen LogP contribution is -2.12. The van der Waals surface area contributed by atoms with Gasteiger partial charge in [0.15, 0.2) is 12.6 Å². The van der Waals surface area contributed by atoms with Gasteiger partial charge in [0, 0.05) is 7.11 Å². The Balaban J connectivity index is 2.22. The van der Waals surface area contributed by atoms with Crippen molar-refractivity contribution in [2.75, 3.05) is 13.7 Å². The fourth-order valence-electron chi connectivity index (χ4n) is 0.630. The van der Waals surface area contributed by atoms with Crippen molar-refractivity contribution in [2.24, 2.45) is 0 Å². The van der Waals surface area contributed by atoms with Crippen molar-refractivity contribution in [1.82, 2.24) is 0 Å². The Morgan fingerprint density at radius 1 is 1.62 bits per heavy atom. The second-order valence-electron chi connectivity index (χ2n) is 1.70. The van der Waals surface area contributed by atoms with Gasteiger partial charge < -0.3 is 14.2 Å². The van der Waals surface area contributed by atoms with Crippen LogP contribution in [0.1, 0.15) is 6.92 Å². The molecule has 1 heterocycles. The molecule has 2 atom stereocenters. The van der Waals surface area contributed by atoms with Crippen LogP contribution >= 0.6 is 0 Å². The van der Waals surface area contributed by atoms with Gasteiger partial charge in [-0.15, -0.1) is 0 Å². The van der Waals surface area contributed by atoms with Gasteiger partial charge in [-0.2, -0.15) is 0 Å². The van der Waals surface area contributed by atoms with Crippen molar-refractivity contribution < 1.29 is 14.2 Å². The Morgan fingerprint density at radius 3 is 2.62 bits per heavy atom. The van der Waals surface area contributed by atoms with Gasteiger partial charge in [-0.1, -0.05) is 0 Å². The van der Waals surface area contributed by atoms with Gasteiger partial charge in [-0.25, -0.2) is 0 Å². The van der Waals surface area contributed by atoms with E-state index in [-0.39, 0.29) is 12.6 Å². The third kappa shape index (κ3) is 1.18. The van der Waals surface area contributed by atoms with Crippen molar-refractivity contribution in [2.45, 2.75) is 19.5 Å². The highest BCUT2D eigenvalue weighted by Gasteiger charge is 2.20. The highest BCUT2D eigenvalue weighted by molar-refractivity contribution is 4.49. The van der Waals surface area contributed by atoms with E-state index in [4.69, 9.17) is 14.2 Å². The molecular formula is C5H10O3. The minimum absolute atomic E-state index is 0.0973. The molecule has 1 aliphatic heterocycles. The standard InChI is InChI=1S/C5H10O3/c1-4-7-3-5(6-2)8-4/h4-5H,3H2,1-2H3/t4?,5-/m1/s1. The summed E-state index contributed by atoms with van der Waals surface area (Å²) in [5.41, 5.74) is 0. The highest BCUT2D eigenvalue weighted by atomic mass is 16.8. The SMILES string of the molecule is CO[C@H]1COC(C)O1. The summed E-state index contributed by atoms with van der Waals surface area (Å²) < 4.78 is 14.9. The van der Waals surface area contributed by atoms with Crippen LogP contribution in [0.25, 0.3) is 0 Å². The molecule has 0 bridgehead atoms. The third-order valence-corrected chi connectivity index (χ3v) is 1.07. The predicted octanol–water partition coefficient (Wildman–Crippen LogP) is 0.352. The van der Waals surface area contributed by atoms with Gasteiger partial charge in [0.1, 0.15) is 6.61 Å². The predicted molar refractivity (Wildman–Crippen MR) is 27.3 cm³/mol. The van der Waals surface area contributed by atoms with Crippen LogP contribution in [0.15, 0.2) is 0 Å². The van der Waals surface area contributed by atoms with Gasteiger partial charge in [0.2, 0.25) is 0 Å². The largest absolute Gasteiger partial charge is 0.353 e. The molecule has 1 rings (SSSR count). The Morgan fingerprint density at radius 2 is 2.38 bits per heavy atom. The first-order valence-electron chi connectivity index (χ1n) is 2.63. The Kier molecular flexibility index (Phi) is 1.83. The van der Waals surface area contributed by atoms with Crippen LogP contribution in [0.2, 0.25) is 0 Å². The third-order valence-electron chi connectivity index (χ3n) is 1.07. The summed E-state index contributed by atoms with van der Waals surface area (Å²) in [6, 6.07) is 0. The number of hydrogen-bond donors (Lipinski definition) is 0. The topological polar surface area (TPSA) is 27.7 Å². The normalized spacial score (nSPS) is 38.2. The zero-order valence-electron chi connectivity index (χ0n) is 5.09. The summed E-state index contributed by atoms with van der Waals surface area (Å²) >= 11 is 0. The molecule has 3 nitrogen and oxygen atoms in total. The Hall–Kier alpha value is -0.120. The molecule has 48 valence electrons. The lowest BCUT2D eigenvalue weighted by molar-refractivity contribution is -0.121. The van der Waals surface area contributed by atoms with Crippen LogP contribution in [0.5, 0.6) is 0 Å². The molecule has 0 N–H and O–H groups in total. The number of ether oxygens (including phenoxy) is 3. The molecule has 0 saturated carbocycles. The van der Waals surface area contributed by atoms with E-state index < -0.39 is 0 Å². The summed E-state index contributed by atoms with van der Waals surface area (Å²) in [5, 5.41) is 0. The Bertz CT molecular complexity index is 74.1. The molecule has 0 aromatic carbocycles. The zero-order chi connectivity index (χ0) is 5.98. The van der Waals surface area contributed by atoms with E-state index in [0.29, 0.717) is 6.61 Å². The van der Waals surface area contributed by atoms with E-state index in [1.54, 1.807) is 7.11 Å². The second kappa shape index (κ2) is 2.44. The quantitative estimate of drug-likeness (QED) is 0.497. The van der Waals surface area contributed by atoms with E-state index >= 15 is 0 Å². The molecule has 1 fully saturated rings. The molecule has 1 unspecified atom stereocenters. The van der Waals surface area contributed by atoms with Gasteiger partial charge in [0.25, 0.3) is 0 Å². The minimum Gasteiger partial charge on any atom is -0.353 e. The first kappa shape index (κ1) is 6.01. The van der Waals surface area contributed by atoms with E-state index in [1.165, 1.54) is 0 Å². The monoisotopic (exact) mass is 118 g/mol. The van der Waals surface area contributed by atoms with Crippen molar-refractivity contribution >= 4 is 0 Å². The molecule has 0 aliphatic carbocycles. The molecule has 1 aliphatic rings. The maximum absolute atomic E-state index is 5.07. The van der Waals surface area contributed by atoms with E-state index in [0.717, 1.165) is 0 Å². The number of hydrogen-bond acceptors (Lipinski definition) is 3. The Labute approximate surface area is 48.5 Å². The molecule has 3 heteroatoms. The summed E-state index contributed by atoms with van der Waals surface area (Å²) in [6.45, 7) is 2.40. The van der Waals surface area contributed by atoms with Crippen LogP contribution in [-0.4, -0.2) is 26.3 Å².